The Labute approximate surface area is 129 Å². The molecule has 21 heavy (non-hydrogen) atoms. The van der Waals surface area contributed by atoms with Gasteiger partial charge in [0.1, 0.15) is 0 Å². The van der Waals surface area contributed by atoms with Crippen molar-refractivity contribution in [2.75, 3.05) is 6.54 Å². The van der Waals surface area contributed by atoms with Gasteiger partial charge in [-0.15, -0.1) is 0 Å². The number of fused-ring (bicyclic) bond motifs is 1. The highest BCUT2D eigenvalue weighted by Crippen LogP contribution is 2.40. The summed E-state index contributed by atoms with van der Waals surface area (Å²) >= 11 is 6.41. The second kappa shape index (κ2) is 4.92. The van der Waals surface area contributed by atoms with Gasteiger partial charge in [-0.25, -0.2) is 0 Å². The van der Waals surface area contributed by atoms with E-state index >= 15 is 0 Å². The van der Waals surface area contributed by atoms with Gasteiger partial charge in [0, 0.05) is 35.9 Å². The van der Waals surface area contributed by atoms with E-state index in [0.29, 0.717) is 0 Å². The van der Waals surface area contributed by atoms with Gasteiger partial charge in [0.05, 0.1) is 6.04 Å². The third-order valence-electron chi connectivity index (χ3n) is 4.45. The number of benzene rings is 1. The number of amides is 1. The Balaban J connectivity index is 1.81. The van der Waals surface area contributed by atoms with Crippen LogP contribution in [0.1, 0.15) is 30.1 Å². The Kier molecular flexibility index (Phi) is 3.03. The zero-order valence-corrected chi connectivity index (χ0v) is 12.5. The molecular formula is C17H17ClN2O. The molecule has 1 aromatic carbocycles. The van der Waals surface area contributed by atoms with E-state index in [1.165, 1.54) is 0 Å². The van der Waals surface area contributed by atoms with Crippen LogP contribution in [0.2, 0.25) is 5.02 Å². The quantitative estimate of drug-likeness (QED) is 0.833. The molecule has 0 bridgehead atoms. The lowest BCUT2D eigenvalue weighted by Crippen LogP contribution is -2.43. The van der Waals surface area contributed by atoms with Crippen molar-refractivity contribution < 1.29 is 4.79 Å². The van der Waals surface area contributed by atoms with Crippen LogP contribution in [0.3, 0.4) is 0 Å². The molecule has 2 heterocycles. The number of carbonyl (C=O) groups excluding carboxylic acids is 1. The lowest BCUT2D eigenvalue weighted by atomic mass is 9.99. The average Bonchev–Trinajstić information content (AvgIpc) is 3.24. The first-order valence-corrected chi connectivity index (χ1v) is 7.83. The van der Waals surface area contributed by atoms with Gasteiger partial charge in [-0.2, -0.15) is 0 Å². The topological polar surface area (TPSA) is 25.2 Å². The standard InChI is InChI=1S/C17H17ClN2O/c18-14-5-2-1-4-13(14)16-15-6-3-9-19(15)10-11-20(16)17(21)12-7-8-12/h1-6,9,12,16H,7-8,10-11H2. The van der Waals surface area contributed by atoms with Crippen LogP contribution in [0.25, 0.3) is 0 Å². The van der Waals surface area contributed by atoms with Crippen LogP contribution in [-0.4, -0.2) is 21.9 Å². The molecule has 108 valence electrons. The highest BCUT2D eigenvalue weighted by Gasteiger charge is 2.40. The van der Waals surface area contributed by atoms with Crippen molar-refractivity contribution in [1.82, 2.24) is 9.47 Å². The first-order chi connectivity index (χ1) is 10.3. The van der Waals surface area contributed by atoms with Crippen molar-refractivity contribution in [3.8, 4) is 0 Å². The van der Waals surface area contributed by atoms with Crippen molar-refractivity contribution in [3.05, 3.63) is 58.9 Å². The fourth-order valence-electron chi connectivity index (χ4n) is 3.21. The number of aromatic nitrogens is 1. The van der Waals surface area contributed by atoms with E-state index in [1.54, 1.807) is 0 Å². The molecule has 4 heteroatoms. The van der Waals surface area contributed by atoms with Gasteiger partial charge in [0.15, 0.2) is 0 Å². The smallest absolute Gasteiger partial charge is 0.226 e. The lowest BCUT2D eigenvalue weighted by molar-refractivity contribution is -0.135. The normalized spacial score (nSPS) is 21.2. The lowest BCUT2D eigenvalue weighted by Gasteiger charge is -2.38. The van der Waals surface area contributed by atoms with E-state index < -0.39 is 0 Å². The minimum atomic E-state index is -0.0597. The number of carbonyl (C=O) groups is 1. The van der Waals surface area contributed by atoms with Gasteiger partial charge in [0.2, 0.25) is 5.91 Å². The molecule has 1 saturated carbocycles. The van der Waals surface area contributed by atoms with Gasteiger partial charge in [-0.3, -0.25) is 4.79 Å². The van der Waals surface area contributed by atoms with Gasteiger partial charge in [0.25, 0.3) is 0 Å². The number of rotatable bonds is 2. The third-order valence-corrected chi connectivity index (χ3v) is 4.79. The zero-order valence-electron chi connectivity index (χ0n) is 11.7. The highest BCUT2D eigenvalue weighted by molar-refractivity contribution is 6.31. The van der Waals surface area contributed by atoms with Crippen molar-refractivity contribution >= 4 is 17.5 Å². The monoisotopic (exact) mass is 300 g/mol. The van der Waals surface area contributed by atoms with Gasteiger partial charge >= 0.3 is 0 Å². The van der Waals surface area contributed by atoms with Crippen LogP contribution in [0.15, 0.2) is 42.6 Å². The van der Waals surface area contributed by atoms with Crippen LogP contribution in [0.4, 0.5) is 0 Å². The molecule has 1 atom stereocenters. The summed E-state index contributed by atoms with van der Waals surface area (Å²) < 4.78 is 2.23. The van der Waals surface area contributed by atoms with Crippen LogP contribution < -0.4 is 0 Å². The first kappa shape index (κ1) is 13.0. The molecule has 1 aromatic heterocycles. The molecule has 0 spiro atoms. The molecular weight excluding hydrogens is 284 g/mol. The second-order valence-electron chi connectivity index (χ2n) is 5.86. The molecule has 1 fully saturated rings. The fourth-order valence-corrected chi connectivity index (χ4v) is 3.45. The fraction of sp³-hybridized carbons (Fsp3) is 0.353. The highest BCUT2D eigenvalue weighted by atomic mass is 35.5. The minimum absolute atomic E-state index is 0.0597. The molecule has 1 unspecified atom stereocenters. The molecule has 1 aliphatic carbocycles. The molecule has 2 aromatic rings. The van der Waals surface area contributed by atoms with Crippen molar-refractivity contribution in [1.29, 1.82) is 0 Å². The molecule has 4 rings (SSSR count). The Morgan fingerprint density at radius 1 is 1.10 bits per heavy atom. The second-order valence-corrected chi connectivity index (χ2v) is 6.26. The Hall–Kier alpha value is -1.74. The van der Waals surface area contributed by atoms with E-state index in [1.807, 2.05) is 35.2 Å². The van der Waals surface area contributed by atoms with Gasteiger partial charge in [-0.1, -0.05) is 29.8 Å². The predicted molar refractivity (Wildman–Crippen MR) is 82.2 cm³/mol. The van der Waals surface area contributed by atoms with E-state index in [0.717, 1.165) is 42.2 Å². The molecule has 0 radical (unpaired) electrons. The molecule has 1 aliphatic heterocycles. The molecule has 3 nitrogen and oxygen atoms in total. The van der Waals surface area contributed by atoms with Gasteiger partial charge < -0.3 is 9.47 Å². The number of hydrogen-bond acceptors (Lipinski definition) is 1. The maximum absolute atomic E-state index is 12.7. The molecule has 2 aliphatic rings. The summed E-state index contributed by atoms with van der Waals surface area (Å²) in [4.78, 5) is 14.7. The summed E-state index contributed by atoms with van der Waals surface area (Å²) in [6.45, 7) is 1.62. The maximum Gasteiger partial charge on any atom is 0.226 e. The Morgan fingerprint density at radius 2 is 1.90 bits per heavy atom. The molecule has 1 amide bonds. The van der Waals surface area contributed by atoms with Crippen LogP contribution >= 0.6 is 11.6 Å². The van der Waals surface area contributed by atoms with Crippen LogP contribution in [0, 0.1) is 5.92 Å². The van der Waals surface area contributed by atoms with E-state index in [4.69, 9.17) is 11.6 Å². The third kappa shape index (κ3) is 2.16. The van der Waals surface area contributed by atoms with Crippen molar-refractivity contribution in [3.63, 3.8) is 0 Å². The Bertz CT molecular complexity index is 690. The summed E-state index contributed by atoms with van der Waals surface area (Å²) in [6, 6.07) is 11.9. The van der Waals surface area contributed by atoms with E-state index in [9.17, 15) is 4.79 Å². The number of halogens is 1. The van der Waals surface area contributed by atoms with Crippen LogP contribution in [-0.2, 0) is 11.3 Å². The largest absolute Gasteiger partial charge is 0.348 e. The maximum atomic E-state index is 12.7. The minimum Gasteiger partial charge on any atom is -0.348 e. The Morgan fingerprint density at radius 3 is 2.67 bits per heavy atom. The summed E-state index contributed by atoms with van der Waals surface area (Å²) in [7, 11) is 0. The van der Waals surface area contributed by atoms with Crippen molar-refractivity contribution in [2.45, 2.75) is 25.4 Å². The van der Waals surface area contributed by atoms with E-state index in [2.05, 4.69) is 16.8 Å². The van der Waals surface area contributed by atoms with Crippen molar-refractivity contribution in [2.24, 2.45) is 5.92 Å². The predicted octanol–water partition coefficient (Wildman–Crippen LogP) is 3.48. The van der Waals surface area contributed by atoms with Gasteiger partial charge in [-0.05, 0) is 36.6 Å². The number of nitrogens with zero attached hydrogens (tertiary/aromatic N) is 2. The summed E-state index contributed by atoms with van der Waals surface area (Å²) in [5.74, 6) is 0.517. The molecule has 0 saturated heterocycles. The van der Waals surface area contributed by atoms with Crippen LogP contribution in [0.5, 0.6) is 0 Å². The summed E-state index contributed by atoms with van der Waals surface area (Å²) in [6.07, 6.45) is 4.15. The average molecular weight is 301 g/mol. The summed E-state index contributed by atoms with van der Waals surface area (Å²) in [5.41, 5.74) is 2.18. The van der Waals surface area contributed by atoms with E-state index in [-0.39, 0.29) is 17.9 Å². The SMILES string of the molecule is O=C(C1CC1)N1CCn2cccc2C1c1ccccc1Cl. The first-order valence-electron chi connectivity index (χ1n) is 7.45. The molecule has 0 N–H and O–H groups in total. The number of hydrogen-bond donors (Lipinski definition) is 0. The zero-order chi connectivity index (χ0) is 14.4. The summed E-state index contributed by atoms with van der Waals surface area (Å²) in [5, 5.41) is 0.728.